The van der Waals surface area contributed by atoms with Crippen LogP contribution in [0.3, 0.4) is 0 Å². The quantitative estimate of drug-likeness (QED) is 0.862. The summed E-state index contributed by atoms with van der Waals surface area (Å²) < 4.78 is 0. The van der Waals surface area contributed by atoms with Crippen LogP contribution in [0, 0.1) is 0 Å². The van der Waals surface area contributed by atoms with Crippen LogP contribution < -0.4 is 5.32 Å². The van der Waals surface area contributed by atoms with E-state index in [0.29, 0.717) is 6.04 Å². The summed E-state index contributed by atoms with van der Waals surface area (Å²) in [7, 11) is 0. The van der Waals surface area contributed by atoms with Gasteiger partial charge in [0.2, 0.25) is 0 Å². The van der Waals surface area contributed by atoms with Crippen molar-refractivity contribution in [2.24, 2.45) is 0 Å². The molecule has 98 valence electrons. The molecule has 0 spiro atoms. The summed E-state index contributed by atoms with van der Waals surface area (Å²) in [6, 6.07) is 7.75. The lowest BCUT2D eigenvalue weighted by atomic mass is 10.0. The third-order valence-corrected chi connectivity index (χ3v) is 4.06. The number of aromatic nitrogens is 1. The number of likely N-dealkylation sites (tertiary alicyclic amines) is 1. The zero-order chi connectivity index (χ0) is 12.2. The van der Waals surface area contributed by atoms with Gasteiger partial charge in [0, 0.05) is 31.4 Å². The number of piperidine rings is 1. The monoisotopic (exact) mass is 245 g/mol. The van der Waals surface area contributed by atoms with Crippen LogP contribution in [0.5, 0.6) is 0 Å². The lowest BCUT2D eigenvalue weighted by Gasteiger charge is -2.35. The van der Waals surface area contributed by atoms with Gasteiger partial charge in [-0.1, -0.05) is 12.5 Å². The summed E-state index contributed by atoms with van der Waals surface area (Å²) in [6.07, 6.45) is 8.73. The number of pyridine rings is 1. The van der Waals surface area contributed by atoms with Crippen molar-refractivity contribution in [3.05, 3.63) is 30.1 Å². The second-order valence-corrected chi connectivity index (χ2v) is 5.62. The van der Waals surface area contributed by atoms with E-state index >= 15 is 0 Å². The van der Waals surface area contributed by atoms with E-state index in [2.05, 4.69) is 27.3 Å². The normalized spacial score (nSPS) is 25.2. The van der Waals surface area contributed by atoms with E-state index in [1.807, 2.05) is 12.3 Å². The van der Waals surface area contributed by atoms with Crippen LogP contribution in [0.25, 0.3) is 0 Å². The minimum Gasteiger partial charge on any atom is -0.312 e. The molecule has 1 aliphatic heterocycles. The van der Waals surface area contributed by atoms with Crippen LogP contribution in [-0.2, 0) is 6.54 Å². The molecule has 1 N–H and O–H groups in total. The van der Waals surface area contributed by atoms with Crippen molar-refractivity contribution >= 4 is 0 Å². The average Bonchev–Trinajstić information content (AvgIpc) is 3.23. The first-order valence-electron chi connectivity index (χ1n) is 7.29. The van der Waals surface area contributed by atoms with Crippen molar-refractivity contribution in [3.8, 4) is 0 Å². The van der Waals surface area contributed by atoms with Crippen molar-refractivity contribution in [1.29, 1.82) is 0 Å². The molecule has 0 amide bonds. The molecule has 1 saturated heterocycles. The predicted molar refractivity (Wildman–Crippen MR) is 73.3 cm³/mol. The fourth-order valence-electron chi connectivity index (χ4n) is 2.79. The lowest BCUT2D eigenvalue weighted by molar-refractivity contribution is 0.135. The molecule has 1 unspecified atom stereocenters. The lowest BCUT2D eigenvalue weighted by Crippen LogP contribution is -2.45. The molecule has 1 aromatic heterocycles. The highest BCUT2D eigenvalue weighted by Crippen LogP contribution is 2.22. The van der Waals surface area contributed by atoms with Crippen molar-refractivity contribution in [2.75, 3.05) is 13.1 Å². The first-order chi connectivity index (χ1) is 8.92. The molecule has 3 heteroatoms. The SMILES string of the molecule is c1ccc(CN2CCCCC2CNC2CC2)nc1. The Kier molecular flexibility index (Phi) is 3.91. The molecule has 2 fully saturated rings. The number of rotatable bonds is 5. The molecular formula is C15H23N3. The smallest absolute Gasteiger partial charge is 0.0544 e. The van der Waals surface area contributed by atoms with Crippen molar-refractivity contribution in [1.82, 2.24) is 15.2 Å². The van der Waals surface area contributed by atoms with Crippen molar-refractivity contribution in [3.63, 3.8) is 0 Å². The third-order valence-electron chi connectivity index (χ3n) is 4.06. The van der Waals surface area contributed by atoms with Gasteiger partial charge in [-0.15, -0.1) is 0 Å². The summed E-state index contributed by atoms with van der Waals surface area (Å²) in [5, 5.41) is 3.68. The summed E-state index contributed by atoms with van der Waals surface area (Å²) in [4.78, 5) is 7.07. The van der Waals surface area contributed by atoms with E-state index in [9.17, 15) is 0 Å². The largest absolute Gasteiger partial charge is 0.312 e. The first-order valence-corrected chi connectivity index (χ1v) is 7.29. The highest BCUT2D eigenvalue weighted by molar-refractivity contribution is 5.04. The van der Waals surface area contributed by atoms with Gasteiger partial charge in [0.25, 0.3) is 0 Å². The Bertz CT molecular complexity index is 361. The van der Waals surface area contributed by atoms with Crippen LogP contribution in [-0.4, -0.2) is 35.1 Å². The molecule has 18 heavy (non-hydrogen) atoms. The van der Waals surface area contributed by atoms with Crippen molar-refractivity contribution in [2.45, 2.75) is 50.7 Å². The Balaban J connectivity index is 1.56. The summed E-state index contributed by atoms with van der Waals surface area (Å²) in [5.74, 6) is 0. The van der Waals surface area contributed by atoms with E-state index in [-0.39, 0.29) is 0 Å². The molecule has 2 heterocycles. The van der Waals surface area contributed by atoms with Crippen LogP contribution in [0.1, 0.15) is 37.8 Å². The van der Waals surface area contributed by atoms with E-state index < -0.39 is 0 Å². The molecule has 0 bridgehead atoms. The van der Waals surface area contributed by atoms with Crippen LogP contribution >= 0.6 is 0 Å². The van der Waals surface area contributed by atoms with E-state index in [1.165, 1.54) is 44.3 Å². The maximum absolute atomic E-state index is 4.45. The first kappa shape index (κ1) is 12.1. The summed E-state index contributed by atoms with van der Waals surface area (Å²) >= 11 is 0. The second kappa shape index (κ2) is 5.81. The van der Waals surface area contributed by atoms with Gasteiger partial charge in [-0.3, -0.25) is 9.88 Å². The Hall–Kier alpha value is -0.930. The topological polar surface area (TPSA) is 28.2 Å². The zero-order valence-corrected chi connectivity index (χ0v) is 11.0. The van der Waals surface area contributed by atoms with Crippen LogP contribution in [0.4, 0.5) is 0 Å². The minimum absolute atomic E-state index is 0.710. The van der Waals surface area contributed by atoms with E-state index in [1.54, 1.807) is 0 Å². The molecule has 1 saturated carbocycles. The molecule has 0 radical (unpaired) electrons. The van der Waals surface area contributed by atoms with Gasteiger partial charge in [-0.05, 0) is 44.4 Å². The number of hydrogen-bond acceptors (Lipinski definition) is 3. The van der Waals surface area contributed by atoms with Gasteiger partial charge in [-0.25, -0.2) is 0 Å². The Labute approximate surface area is 110 Å². The average molecular weight is 245 g/mol. The summed E-state index contributed by atoms with van der Waals surface area (Å²) in [6.45, 7) is 3.41. The van der Waals surface area contributed by atoms with Gasteiger partial charge in [-0.2, -0.15) is 0 Å². The maximum Gasteiger partial charge on any atom is 0.0544 e. The zero-order valence-electron chi connectivity index (χ0n) is 11.0. The van der Waals surface area contributed by atoms with Crippen LogP contribution in [0.2, 0.25) is 0 Å². The number of nitrogens with zero attached hydrogens (tertiary/aromatic N) is 2. The highest BCUT2D eigenvalue weighted by atomic mass is 15.2. The Morgan fingerprint density at radius 1 is 1.22 bits per heavy atom. The van der Waals surface area contributed by atoms with E-state index in [0.717, 1.165) is 19.1 Å². The molecule has 2 aliphatic rings. The molecule has 3 nitrogen and oxygen atoms in total. The highest BCUT2D eigenvalue weighted by Gasteiger charge is 2.26. The Morgan fingerprint density at radius 3 is 2.94 bits per heavy atom. The third kappa shape index (κ3) is 3.30. The van der Waals surface area contributed by atoms with E-state index in [4.69, 9.17) is 0 Å². The molecule has 1 aromatic rings. The molecule has 1 aliphatic carbocycles. The molecular weight excluding hydrogens is 222 g/mol. The van der Waals surface area contributed by atoms with Gasteiger partial charge in [0.15, 0.2) is 0 Å². The minimum atomic E-state index is 0.710. The standard InChI is InChI=1S/C15H23N3/c1-3-9-16-14(5-1)12-18-10-4-2-6-15(18)11-17-13-7-8-13/h1,3,5,9,13,15,17H,2,4,6-8,10-12H2. The van der Waals surface area contributed by atoms with Gasteiger partial charge in [0.1, 0.15) is 0 Å². The van der Waals surface area contributed by atoms with Crippen molar-refractivity contribution < 1.29 is 0 Å². The number of nitrogens with one attached hydrogen (secondary N) is 1. The Morgan fingerprint density at radius 2 is 2.17 bits per heavy atom. The predicted octanol–water partition coefficient (Wildman–Crippen LogP) is 2.19. The molecule has 3 rings (SSSR count). The fourth-order valence-corrected chi connectivity index (χ4v) is 2.79. The fraction of sp³-hybridized carbons (Fsp3) is 0.667. The van der Waals surface area contributed by atoms with Gasteiger partial charge >= 0.3 is 0 Å². The maximum atomic E-state index is 4.45. The molecule has 0 aromatic carbocycles. The van der Waals surface area contributed by atoms with Gasteiger partial charge in [0.05, 0.1) is 5.69 Å². The van der Waals surface area contributed by atoms with Crippen LogP contribution in [0.15, 0.2) is 24.4 Å². The second-order valence-electron chi connectivity index (χ2n) is 5.62. The van der Waals surface area contributed by atoms with Gasteiger partial charge < -0.3 is 5.32 Å². The molecule has 1 atom stereocenters. The summed E-state index contributed by atoms with van der Waals surface area (Å²) in [5.41, 5.74) is 1.20. The number of hydrogen-bond donors (Lipinski definition) is 1.